The highest BCUT2D eigenvalue weighted by atomic mass is 35.5. The van der Waals surface area contributed by atoms with Gasteiger partial charge < -0.3 is 20.3 Å². The predicted molar refractivity (Wildman–Crippen MR) is 92.2 cm³/mol. The number of nitrogens with two attached hydrogens (primary N) is 1. The maximum atomic E-state index is 12.0. The third-order valence-electron chi connectivity index (χ3n) is 3.31. The van der Waals surface area contributed by atoms with Crippen LogP contribution in [0, 0.1) is 5.92 Å². The Kier molecular flexibility index (Phi) is 8.21. The summed E-state index contributed by atoms with van der Waals surface area (Å²) in [5.41, 5.74) is 6.10. The second-order valence-electron chi connectivity index (χ2n) is 5.32. The third kappa shape index (κ3) is 5.82. The number of nitrogens with one attached hydrogen (secondary N) is 1. The van der Waals surface area contributed by atoms with Crippen LogP contribution in [0.2, 0.25) is 0 Å². The number of hydrogen-bond acceptors (Lipinski definition) is 6. The van der Waals surface area contributed by atoms with E-state index in [1.165, 1.54) is 0 Å². The van der Waals surface area contributed by atoms with Crippen LogP contribution in [0.3, 0.4) is 0 Å². The predicted octanol–water partition coefficient (Wildman–Crippen LogP) is 1.96. The lowest BCUT2D eigenvalue weighted by atomic mass is 10.1. The van der Waals surface area contributed by atoms with E-state index in [1.807, 2.05) is 13.8 Å². The summed E-state index contributed by atoms with van der Waals surface area (Å²) < 4.78 is 10.6. The van der Waals surface area contributed by atoms with E-state index in [2.05, 4.69) is 15.5 Å². The Bertz CT molecular complexity index is 631. The lowest BCUT2D eigenvalue weighted by molar-refractivity contribution is 0.0948. The zero-order chi connectivity index (χ0) is 16.7. The Morgan fingerprint density at radius 3 is 2.67 bits per heavy atom. The molecule has 0 radical (unpaired) electrons. The molecule has 1 amide bonds. The topological polar surface area (TPSA) is 103 Å². The molecule has 8 heteroatoms. The summed E-state index contributed by atoms with van der Waals surface area (Å²) in [6.45, 7) is 5.26. The fourth-order valence-electron chi connectivity index (χ4n) is 1.80. The molecule has 1 heterocycles. The number of hydrogen-bond donors (Lipinski definition) is 2. The van der Waals surface area contributed by atoms with Gasteiger partial charge in [0.15, 0.2) is 6.61 Å². The van der Waals surface area contributed by atoms with Gasteiger partial charge in [-0.25, -0.2) is 0 Å². The molecule has 1 aromatic heterocycles. The quantitative estimate of drug-likeness (QED) is 0.751. The van der Waals surface area contributed by atoms with Crippen molar-refractivity contribution in [3.8, 4) is 5.75 Å². The molecule has 1 unspecified atom stereocenters. The van der Waals surface area contributed by atoms with Gasteiger partial charge in [0, 0.05) is 18.5 Å². The van der Waals surface area contributed by atoms with E-state index in [9.17, 15) is 4.79 Å². The van der Waals surface area contributed by atoms with Gasteiger partial charge in [-0.3, -0.25) is 4.79 Å². The maximum absolute atomic E-state index is 12.0. The molecule has 0 bridgehead atoms. The summed E-state index contributed by atoms with van der Waals surface area (Å²) in [7, 11) is 0. The fraction of sp³-hybridized carbons (Fsp3) is 0.438. The highest BCUT2D eigenvalue weighted by molar-refractivity contribution is 5.94. The zero-order valence-corrected chi connectivity index (χ0v) is 14.6. The van der Waals surface area contributed by atoms with Crippen molar-refractivity contribution in [2.75, 3.05) is 13.1 Å². The number of nitrogens with zero attached hydrogens (tertiary/aromatic N) is 2. The molecular formula is C16H23ClN4O3. The smallest absolute Gasteiger partial charge is 0.251 e. The van der Waals surface area contributed by atoms with Crippen LogP contribution in [0.1, 0.15) is 35.9 Å². The Morgan fingerprint density at radius 2 is 2.08 bits per heavy atom. The monoisotopic (exact) mass is 354 g/mol. The number of benzene rings is 1. The van der Waals surface area contributed by atoms with E-state index in [4.69, 9.17) is 15.0 Å². The van der Waals surface area contributed by atoms with Gasteiger partial charge >= 0.3 is 0 Å². The molecule has 0 saturated carbocycles. The first-order valence-corrected chi connectivity index (χ1v) is 7.65. The number of carbonyl (C=O) groups is 1. The van der Waals surface area contributed by atoms with Crippen molar-refractivity contribution in [2.45, 2.75) is 26.9 Å². The Morgan fingerprint density at radius 1 is 1.38 bits per heavy atom. The van der Waals surface area contributed by atoms with Gasteiger partial charge in [0.05, 0.1) is 0 Å². The van der Waals surface area contributed by atoms with E-state index in [0.29, 0.717) is 42.5 Å². The van der Waals surface area contributed by atoms with Crippen LogP contribution in [-0.2, 0) is 13.0 Å². The molecule has 2 aromatic rings. The largest absolute Gasteiger partial charge is 0.485 e. The summed E-state index contributed by atoms with van der Waals surface area (Å²) in [6.07, 6.45) is 0.694. The number of aryl methyl sites for hydroxylation is 1. The summed E-state index contributed by atoms with van der Waals surface area (Å²) in [4.78, 5) is 16.1. The first-order chi connectivity index (χ1) is 11.1. The fourth-order valence-corrected chi connectivity index (χ4v) is 1.80. The Labute approximate surface area is 147 Å². The van der Waals surface area contributed by atoms with Gasteiger partial charge in [0.25, 0.3) is 5.91 Å². The molecule has 0 aliphatic carbocycles. The third-order valence-corrected chi connectivity index (χ3v) is 3.31. The Hall–Kier alpha value is -2.12. The summed E-state index contributed by atoms with van der Waals surface area (Å²) in [5.74, 6) is 1.86. The van der Waals surface area contributed by atoms with Crippen molar-refractivity contribution >= 4 is 18.3 Å². The van der Waals surface area contributed by atoms with Crippen molar-refractivity contribution in [2.24, 2.45) is 11.7 Å². The van der Waals surface area contributed by atoms with Crippen molar-refractivity contribution < 1.29 is 14.1 Å². The average Bonchev–Trinajstić information content (AvgIpc) is 3.06. The molecule has 0 aliphatic heterocycles. The van der Waals surface area contributed by atoms with Crippen molar-refractivity contribution in [1.82, 2.24) is 15.5 Å². The second kappa shape index (κ2) is 9.89. The first kappa shape index (κ1) is 19.9. The van der Waals surface area contributed by atoms with Crippen LogP contribution in [0.4, 0.5) is 0 Å². The van der Waals surface area contributed by atoms with Crippen LogP contribution >= 0.6 is 12.4 Å². The lowest BCUT2D eigenvalue weighted by Crippen LogP contribution is -2.31. The minimum atomic E-state index is -0.123. The minimum Gasteiger partial charge on any atom is -0.485 e. The number of rotatable bonds is 8. The van der Waals surface area contributed by atoms with Crippen molar-refractivity contribution in [3.05, 3.63) is 41.5 Å². The van der Waals surface area contributed by atoms with Gasteiger partial charge in [0.1, 0.15) is 5.75 Å². The van der Waals surface area contributed by atoms with Gasteiger partial charge in [-0.2, -0.15) is 4.98 Å². The van der Waals surface area contributed by atoms with Gasteiger partial charge in [-0.1, -0.05) is 19.0 Å². The maximum Gasteiger partial charge on any atom is 0.251 e. The zero-order valence-electron chi connectivity index (χ0n) is 13.8. The normalized spacial score (nSPS) is 11.5. The highest BCUT2D eigenvalue weighted by Gasteiger charge is 2.08. The van der Waals surface area contributed by atoms with Crippen LogP contribution in [-0.4, -0.2) is 29.1 Å². The Balaban J connectivity index is 0.00000288. The lowest BCUT2D eigenvalue weighted by Gasteiger charge is -2.10. The number of amides is 1. The molecule has 0 spiro atoms. The minimum absolute atomic E-state index is 0. The number of halogens is 1. The number of aromatic nitrogens is 2. The summed E-state index contributed by atoms with van der Waals surface area (Å²) >= 11 is 0. The number of carbonyl (C=O) groups excluding carboxylic acids is 1. The van der Waals surface area contributed by atoms with E-state index >= 15 is 0 Å². The standard InChI is InChI=1S/C16H22N4O3.ClH/c1-3-15-19-14(20-23-15)10-22-13-6-4-12(5-7-13)16(21)18-9-11(2)8-17;/h4-7,11H,3,8-10,17H2,1-2H3,(H,18,21);1H. The molecule has 0 saturated heterocycles. The molecule has 0 aliphatic rings. The highest BCUT2D eigenvalue weighted by Crippen LogP contribution is 2.13. The van der Waals surface area contributed by atoms with Crippen molar-refractivity contribution in [1.29, 1.82) is 0 Å². The van der Waals surface area contributed by atoms with Gasteiger partial charge in [-0.15, -0.1) is 12.4 Å². The molecule has 24 heavy (non-hydrogen) atoms. The molecule has 7 nitrogen and oxygen atoms in total. The summed E-state index contributed by atoms with van der Waals surface area (Å²) in [6, 6.07) is 6.90. The van der Waals surface area contributed by atoms with Crippen LogP contribution in [0.5, 0.6) is 5.75 Å². The number of ether oxygens (including phenoxy) is 1. The van der Waals surface area contributed by atoms with E-state index in [0.717, 1.165) is 0 Å². The van der Waals surface area contributed by atoms with Crippen LogP contribution in [0.15, 0.2) is 28.8 Å². The molecule has 132 valence electrons. The molecule has 1 atom stereocenters. The van der Waals surface area contributed by atoms with Crippen molar-refractivity contribution in [3.63, 3.8) is 0 Å². The second-order valence-corrected chi connectivity index (χ2v) is 5.32. The average molecular weight is 355 g/mol. The van der Waals surface area contributed by atoms with Crippen LogP contribution in [0.25, 0.3) is 0 Å². The van der Waals surface area contributed by atoms with E-state index in [-0.39, 0.29) is 30.8 Å². The van der Waals surface area contributed by atoms with Gasteiger partial charge in [0.2, 0.25) is 11.7 Å². The van der Waals surface area contributed by atoms with Crippen LogP contribution < -0.4 is 15.8 Å². The molecule has 0 fully saturated rings. The van der Waals surface area contributed by atoms with E-state index < -0.39 is 0 Å². The molecule has 1 aromatic carbocycles. The molecule has 2 rings (SSSR count). The molecule has 3 N–H and O–H groups in total. The SMILES string of the molecule is CCc1nc(COc2ccc(C(=O)NCC(C)CN)cc2)no1.Cl. The van der Waals surface area contributed by atoms with Gasteiger partial charge in [-0.05, 0) is 36.7 Å². The first-order valence-electron chi connectivity index (χ1n) is 7.65. The van der Waals surface area contributed by atoms with E-state index in [1.54, 1.807) is 24.3 Å². The summed E-state index contributed by atoms with van der Waals surface area (Å²) in [5, 5.41) is 6.66. The molecular weight excluding hydrogens is 332 g/mol.